The lowest BCUT2D eigenvalue weighted by Crippen LogP contribution is -2.12. The molecule has 0 unspecified atom stereocenters. The van der Waals surface area contributed by atoms with Crippen molar-refractivity contribution in [3.63, 3.8) is 0 Å². The lowest BCUT2D eigenvalue weighted by Gasteiger charge is -2.04. The Morgan fingerprint density at radius 2 is 2.40 bits per heavy atom. The van der Waals surface area contributed by atoms with Crippen LogP contribution in [0.15, 0.2) is 24.7 Å². The quantitative estimate of drug-likeness (QED) is 0.833. The van der Waals surface area contributed by atoms with Gasteiger partial charge in [-0.15, -0.1) is 5.10 Å². The predicted octanol–water partition coefficient (Wildman–Crippen LogP) is 0.834. The SMILES string of the molecule is Clc1nncc(NCCn2cccn2)n1. The molecule has 2 heterocycles. The number of anilines is 1. The zero-order chi connectivity index (χ0) is 10.5. The van der Waals surface area contributed by atoms with Gasteiger partial charge in [0.25, 0.3) is 0 Å². The monoisotopic (exact) mass is 224 g/mol. The number of aromatic nitrogens is 5. The van der Waals surface area contributed by atoms with Crippen molar-refractivity contribution in [3.05, 3.63) is 29.9 Å². The van der Waals surface area contributed by atoms with Crippen molar-refractivity contribution < 1.29 is 0 Å². The van der Waals surface area contributed by atoms with Gasteiger partial charge in [0.1, 0.15) is 5.82 Å². The maximum atomic E-state index is 5.58. The van der Waals surface area contributed by atoms with E-state index < -0.39 is 0 Å². The van der Waals surface area contributed by atoms with Crippen molar-refractivity contribution in [2.24, 2.45) is 0 Å². The second-order valence-electron chi connectivity index (χ2n) is 2.81. The molecule has 0 saturated heterocycles. The van der Waals surface area contributed by atoms with Gasteiger partial charge < -0.3 is 5.32 Å². The van der Waals surface area contributed by atoms with E-state index in [1.54, 1.807) is 6.20 Å². The van der Waals surface area contributed by atoms with E-state index >= 15 is 0 Å². The highest BCUT2D eigenvalue weighted by molar-refractivity contribution is 6.28. The molecule has 0 amide bonds. The van der Waals surface area contributed by atoms with Crippen LogP contribution in [-0.2, 0) is 6.54 Å². The van der Waals surface area contributed by atoms with Crippen LogP contribution in [0.2, 0.25) is 5.28 Å². The average molecular weight is 225 g/mol. The molecular formula is C8H9ClN6. The van der Waals surface area contributed by atoms with Crippen LogP contribution >= 0.6 is 11.6 Å². The van der Waals surface area contributed by atoms with E-state index in [1.165, 1.54) is 6.20 Å². The highest BCUT2D eigenvalue weighted by Gasteiger charge is 1.96. The third-order valence-corrected chi connectivity index (χ3v) is 1.90. The van der Waals surface area contributed by atoms with E-state index in [9.17, 15) is 0 Å². The maximum absolute atomic E-state index is 5.58. The largest absolute Gasteiger partial charge is 0.367 e. The number of hydrogen-bond donors (Lipinski definition) is 1. The van der Waals surface area contributed by atoms with Crippen LogP contribution in [0.1, 0.15) is 0 Å². The molecular weight excluding hydrogens is 216 g/mol. The second-order valence-corrected chi connectivity index (χ2v) is 3.14. The smallest absolute Gasteiger partial charge is 0.244 e. The van der Waals surface area contributed by atoms with Crippen LogP contribution in [0.4, 0.5) is 5.82 Å². The van der Waals surface area contributed by atoms with Gasteiger partial charge >= 0.3 is 0 Å². The first-order valence-electron chi connectivity index (χ1n) is 4.41. The standard InChI is InChI=1S/C8H9ClN6/c9-8-13-7(6-11-14-8)10-3-5-15-4-1-2-12-15/h1-2,4,6H,3,5H2,(H,10,13,14). The average Bonchev–Trinajstić information content (AvgIpc) is 2.71. The van der Waals surface area contributed by atoms with Crippen LogP contribution in [0.3, 0.4) is 0 Å². The van der Waals surface area contributed by atoms with Gasteiger partial charge in [0.2, 0.25) is 5.28 Å². The summed E-state index contributed by atoms with van der Waals surface area (Å²) in [5.41, 5.74) is 0. The lowest BCUT2D eigenvalue weighted by atomic mass is 10.6. The van der Waals surface area contributed by atoms with E-state index in [4.69, 9.17) is 11.6 Å². The maximum Gasteiger partial charge on any atom is 0.244 e. The fourth-order valence-corrected chi connectivity index (χ4v) is 1.23. The Kier molecular flexibility index (Phi) is 3.08. The predicted molar refractivity (Wildman–Crippen MR) is 55.6 cm³/mol. The summed E-state index contributed by atoms with van der Waals surface area (Å²) in [6.07, 6.45) is 5.16. The topological polar surface area (TPSA) is 68.5 Å². The molecule has 0 aliphatic heterocycles. The summed E-state index contributed by atoms with van der Waals surface area (Å²) in [4.78, 5) is 3.94. The normalized spacial score (nSPS) is 10.2. The molecule has 0 bridgehead atoms. The highest BCUT2D eigenvalue weighted by Crippen LogP contribution is 2.02. The molecule has 2 rings (SSSR count). The van der Waals surface area contributed by atoms with E-state index in [-0.39, 0.29) is 5.28 Å². The van der Waals surface area contributed by atoms with Gasteiger partial charge in [-0.2, -0.15) is 15.2 Å². The van der Waals surface area contributed by atoms with Crippen LogP contribution < -0.4 is 5.32 Å². The third kappa shape index (κ3) is 2.88. The fourth-order valence-electron chi connectivity index (χ4n) is 1.10. The summed E-state index contributed by atoms with van der Waals surface area (Å²) in [5.74, 6) is 0.613. The lowest BCUT2D eigenvalue weighted by molar-refractivity contribution is 0.636. The van der Waals surface area contributed by atoms with Gasteiger partial charge in [0.05, 0.1) is 12.7 Å². The molecule has 7 heteroatoms. The molecule has 2 aromatic heterocycles. The van der Waals surface area contributed by atoms with E-state index in [0.29, 0.717) is 12.4 Å². The van der Waals surface area contributed by atoms with Gasteiger partial charge in [-0.05, 0) is 17.7 Å². The zero-order valence-corrected chi connectivity index (χ0v) is 8.59. The van der Waals surface area contributed by atoms with Gasteiger partial charge in [0, 0.05) is 18.9 Å². The number of hydrogen-bond acceptors (Lipinski definition) is 5. The fraction of sp³-hybridized carbons (Fsp3) is 0.250. The molecule has 0 aliphatic carbocycles. The molecule has 0 fully saturated rings. The van der Waals surface area contributed by atoms with Crippen LogP contribution in [0, 0.1) is 0 Å². The molecule has 78 valence electrons. The Hall–Kier alpha value is -1.69. The van der Waals surface area contributed by atoms with Crippen molar-refractivity contribution in [1.29, 1.82) is 0 Å². The molecule has 0 atom stereocenters. The summed E-state index contributed by atoms with van der Waals surface area (Å²) in [6, 6.07) is 1.88. The molecule has 15 heavy (non-hydrogen) atoms. The van der Waals surface area contributed by atoms with Crippen LogP contribution in [-0.4, -0.2) is 31.5 Å². The van der Waals surface area contributed by atoms with Gasteiger partial charge in [-0.3, -0.25) is 4.68 Å². The van der Waals surface area contributed by atoms with Crippen LogP contribution in [0.25, 0.3) is 0 Å². The van der Waals surface area contributed by atoms with Crippen molar-refractivity contribution in [3.8, 4) is 0 Å². The highest BCUT2D eigenvalue weighted by atomic mass is 35.5. The number of nitrogens with zero attached hydrogens (tertiary/aromatic N) is 5. The number of halogens is 1. The Morgan fingerprint density at radius 3 is 3.13 bits per heavy atom. The van der Waals surface area contributed by atoms with E-state index in [2.05, 4.69) is 25.6 Å². The van der Waals surface area contributed by atoms with Crippen molar-refractivity contribution >= 4 is 17.4 Å². The summed E-state index contributed by atoms with van der Waals surface area (Å²) in [6.45, 7) is 1.46. The molecule has 0 aromatic carbocycles. The first kappa shape index (κ1) is 9.85. The molecule has 2 aromatic rings. The molecule has 0 aliphatic rings. The zero-order valence-electron chi connectivity index (χ0n) is 7.84. The molecule has 1 N–H and O–H groups in total. The molecule has 6 nitrogen and oxygen atoms in total. The van der Waals surface area contributed by atoms with Gasteiger partial charge in [-0.1, -0.05) is 0 Å². The Labute approximate surface area is 91.3 Å². The Bertz CT molecular complexity index is 415. The minimum atomic E-state index is 0.138. The van der Waals surface area contributed by atoms with Crippen molar-refractivity contribution in [1.82, 2.24) is 25.0 Å². The first-order chi connectivity index (χ1) is 7.34. The Balaban J connectivity index is 1.83. The van der Waals surface area contributed by atoms with E-state index in [0.717, 1.165) is 6.54 Å². The summed E-state index contributed by atoms with van der Waals surface area (Å²) >= 11 is 5.58. The third-order valence-electron chi connectivity index (χ3n) is 1.74. The molecule has 0 radical (unpaired) electrons. The summed E-state index contributed by atoms with van der Waals surface area (Å²) in [5, 5.41) is 14.5. The van der Waals surface area contributed by atoms with Gasteiger partial charge in [0.15, 0.2) is 0 Å². The second kappa shape index (κ2) is 4.70. The molecule has 0 spiro atoms. The van der Waals surface area contributed by atoms with Crippen molar-refractivity contribution in [2.45, 2.75) is 6.54 Å². The number of rotatable bonds is 4. The summed E-state index contributed by atoms with van der Waals surface area (Å²) in [7, 11) is 0. The van der Waals surface area contributed by atoms with E-state index in [1.807, 2.05) is 16.9 Å². The van der Waals surface area contributed by atoms with Crippen LogP contribution in [0.5, 0.6) is 0 Å². The first-order valence-corrected chi connectivity index (χ1v) is 4.79. The van der Waals surface area contributed by atoms with Crippen molar-refractivity contribution in [2.75, 3.05) is 11.9 Å². The van der Waals surface area contributed by atoms with Gasteiger partial charge in [-0.25, -0.2) is 0 Å². The summed E-state index contributed by atoms with van der Waals surface area (Å²) < 4.78 is 1.82. The number of nitrogens with one attached hydrogen (secondary N) is 1. The minimum absolute atomic E-state index is 0.138. The molecule has 0 saturated carbocycles. The Morgan fingerprint density at radius 1 is 1.47 bits per heavy atom. The minimum Gasteiger partial charge on any atom is -0.367 e.